The van der Waals surface area contributed by atoms with E-state index in [9.17, 15) is 14.7 Å². The molecule has 1 atom stereocenters. The monoisotopic (exact) mass is 343 g/mol. The van der Waals surface area contributed by atoms with Crippen molar-refractivity contribution in [2.75, 3.05) is 0 Å². The topological polar surface area (TPSA) is 77.8 Å². The van der Waals surface area contributed by atoms with E-state index in [1.165, 1.54) is 31.2 Å². The number of hydrogen-bond donors (Lipinski definition) is 2. The number of aromatic hydroxyl groups is 1. The van der Waals surface area contributed by atoms with Crippen LogP contribution in [0.4, 0.5) is 0 Å². The summed E-state index contributed by atoms with van der Waals surface area (Å²) >= 11 is 11.9. The number of phenols is 1. The lowest BCUT2D eigenvalue weighted by molar-refractivity contribution is -0.144. The minimum absolute atomic E-state index is 0.0315. The predicted molar refractivity (Wildman–Crippen MR) is 85.2 cm³/mol. The fraction of sp³-hybridized carbons (Fsp3) is 0.154. The molecule has 0 spiro atoms. The van der Waals surface area contributed by atoms with Crippen molar-refractivity contribution >= 4 is 57.9 Å². The molecule has 0 saturated carbocycles. The molecule has 1 amide bonds. The molecule has 0 radical (unpaired) electrons. The third-order valence-electron chi connectivity index (χ3n) is 2.84. The van der Waals surface area contributed by atoms with Gasteiger partial charge in [-0.25, -0.2) is 4.79 Å². The third-order valence-corrected chi connectivity index (χ3v) is 4.41. The van der Waals surface area contributed by atoms with Crippen LogP contribution >= 0.6 is 35.6 Å². The standard InChI is InChI=1S/C13H10ClNO4S2/c1-6(12(18)19)15-11(17)10(21-13(15)20)5-7-4-8(14)2-3-9(7)16/h2-6,16H,1H3,(H,18,19)/b10-5-. The first kappa shape index (κ1) is 15.8. The highest BCUT2D eigenvalue weighted by atomic mass is 35.5. The van der Waals surface area contributed by atoms with Gasteiger partial charge in [0.05, 0.1) is 4.91 Å². The maximum Gasteiger partial charge on any atom is 0.326 e. The molecule has 1 unspecified atom stereocenters. The van der Waals surface area contributed by atoms with Crippen molar-refractivity contribution < 1.29 is 19.8 Å². The highest BCUT2D eigenvalue weighted by molar-refractivity contribution is 8.26. The molecular formula is C13H10ClNO4S2. The van der Waals surface area contributed by atoms with Gasteiger partial charge >= 0.3 is 5.97 Å². The molecule has 2 rings (SSSR count). The third kappa shape index (κ3) is 3.20. The lowest BCUT2D eigenvalue weighted by Crippen LogP contribution is -2.41. The Labute approximate surface area is 135 Å². The average Bonchev–Trinajstić information content (AvgIpc) is 2.68. The van der Waals surface area contributed by atoms with Gasteiger partial charge in [-0.2, -0.15) is 0 Å². The number of nitrogens with zero attached hydrogens (tertiary/aromatic N) is 1. The van der Waals surface area contributed by atoms with Gasteiger partial charge in [-0.1, -0.05) is 35.6 Å². The number of carbonyl (C=O) groups is 2. The number of phenolic OH excluding ortho intramolecular Hbond substituents is 1. The summed E-state index contributed by atoms with van der Waals surface area (Å²) in [6.45, 7) is 1.38. The maximum atomic E-state index is 12.2. The maximum absolute atomic E-state index is 12.2. The second kappa shape index (κ2) is 6.05. The summed E-state index contributed by atoms with van der Waals surface area (Å²) in [5.41, 5.74) is 0.367. The van der Waals surface area contributed by atoms with E-state index in [2.05, 4.69) is 0 Å². The molecule has 0 bridgehead atoms. The van der Waals surface area contributed by atoms with E-state index in [4.69, 9.17) is 28.9 Å². The van der Waals surface area contributed by atoms with E-state index >= 15 is 0 Å². The number of carboxylic acids is 1. The summed E-state index contributed by atoms with van der Waals surface area (Å²) in [6, 6.07) is 3.39. The van der Waals surface area contributed by atoms with E-state index in [0.717, 1.165) is 16.7 Å². The fourth-order valence-corrected chi connectivity index (χ4v) is 3.30. The molecule has 1 fully saturated rings. The van der Waals surface area contributed by atoms with E-state index < -0.39 is 17.9 Å². The number of carboxylic acid groups (broad SMARTS) is 1. The van der Waals surface area contributed by atoms with Crippen LogP contribution in [0.15, 0.2) is 23.1 Å². The van der Waals surface area contributed by atoms with Gasteiger partial charge in [-0.05, 0) is 31.2 Å². The summed E-state index contributed by atoms with van der Waals surface area (Å²) in [7, 11) is 0. The molecule has 1 aromatic carbocycles. The Morgan fingerprint density at radius 1 is 1.52 bits per heavy atom. The first-order valence-electron chi connectivity index (χ1n) is 5.79. The second-order valence-corrected chi connectivity index (χ2v) is 6.38. The molecule has 2 N–H and O–H groups in total. The van der Waals surface area contributed by atoms with Crippen molar-refractivity contribution in [1.29, 1.82) is 0 Å². The Kier molecular flexibility index (Phi) is 4.55. The molecule has 21 heavy (non-hydrogen) atoms. The zero-order chi connectivity index (χ0) is 15.7. The largest absolute Gasteiger partial charge is 0.507 e. The van der Waals surface area contributed by atoms with Gasteiger partial charge in [0.25, 0.3) is 5.91 Å². The summed E-state index contributed by atoms with van der Waals surface area (Å²) in [5.74, 6) is -1.67. The number of thiocarbonyl (C=S) groups is 1. The first-order chi connectivity index (χ1) is 9.81. The number of carbonyl (C=O) groups excluding carboxylic acids is 1. The summed E-state index contributed by atoms with van der Waals surface area (Å²) in [5, 5.41) is 19.2. The second-order valence-electron chi connectivity index (χ2n) is 4.27. The molecule has 8 heteroatoms. The zero-order valence-corrected chi connectivity index (χ0v) is 13.1. The summed E-state index contributed by atoms with van der Waals surface area (Å²) in [6.07, 6.45) is 1.44. The number of benzene rings is 1. The average molecular weight is 344 g/mol. The summed E-state index contributed by atoms with van der Waals surface area (Å²) in [4.78, 5) is 24.5. The van der Waals surface area contributed by atoms with Crippen LogP contribution in [0, 0.1) is 0 Å². The lowest BCUT2D eigenvalue weighted by Gasteiger charge is -2.18. The van der Waals surface area contributed by atoms with Crippen LogP contribution in [0.5, 0.6) is 5.75 Å². The van der Waals surface area contributed by atoms with Crippen LogP contribution in [0.3, 0.4) is 0 Å². The first-order valence-corrected chi connectivity index (χ1v) is 7.40. The molecule has 1 aliphatic rings. The molecule has 1 saturated heterocycles. The van der Waals surface area contributed by atoms with Crippen LogP contribution < -0.4 is 0 Å². The quantitative estimate of drug-likeness (QED) is 0.649. The summed E-state index contributed by atoms with van der Waals surface area (Å²) < 4.78 is 0.169. The van der Waals surface area contributed by atoms with E-state index in [-0.39, 0.29) is 15.0 Å². The van der Waals surface area contributed by atoms with Gasteiger partial charge < -0.3 is 10.2 Å². The van der Waals surface area contributed by atoms with Gasteiger partial charge in [-0.15, -0.1) is 0 Å². The number of hydrogen-bond acceptors (Lipinski definition) is 5. The van der Waals surface area contributed by atoms with Gasteiger partial charge in [0.1, 0.15) is 16.1 Å². The van der Waals surface area contributed by atoms with Gasteiger partial charge in [-0.3, -0.25) is 9.69 Å². The van der Waals surface area contributed by atoms with Crippen molar-refractivity contribution in [2.24, 2.45) is 0 Å². The normalized spacial score (nSPS) is 18.4. The van der Waals surface area contributed by atoms with E-state index in [0.29, 0.717) is 10.6 Å². The molecule has 110 valence electrons. The number of halogens is 1. The Morgan fingerprint density at radius 2 is 2.19 bits per heavy atom. The SMILES string of the molecule is CC(C(=O)O)N1C(=O)/C(=C/c2cc(Cl)ccc2O)SC1=S. The molecule has 1 aliphatic heterocycles. The molecule has 0 aromatic heterocycles. The Bertz CT molecular complexity index is 674. The molecule has 0 aliphatic carbocycles. The molecular weight excluding hydrogens is 334 g/mol. The lowest BCUT2D eigenvalue weighted by atomic mass is 10.2. The van der Waals surface area contributed by atoms with Crippen molar-refractivity contribution in [3.05, 3.63) is 33.7 Å². The van der Waals surface area contributed by atoms with Crippen molar-refractivity contribution in [2.45, 2.75) is 13.0 Å². The Hall–Kier alpha value is -1.57. The van der Waals surface area contributed by atoms with Crippen LogP contribution in [-0.2, 0) is 9.59 Å². The Morgan fingerprint density at radius 3 is 2.81 bits per heavy atom. The number of aliphatic carboxylic acids is 1. The molecule has 1 aromatic rings. The van der Waals surface area contributed by atoms with Crippen molar-refractivity contribution in [3.8, 4) is 5.75 Å². The number of thioether (sulfide) groups is 1. The highest BCUT2D eigenvalue weighted by Gasteiger charge is 2.38. The van der Waals surface area contributed by atoms with E-state index in [1.54, 1.807) is 0 Å². The van der Waals surface area contributed by atoms with Gasteiger partial charge in [0.15, 0.2) is 0 Å². The van der Waals surface area contributed by atoms with Crippen LogP contribution in [-0.4, -0.2) is 37.4 Å². The molecule has 1 heterocycles. The zero-order valence-electron chi connectivity index (χ0n) is 10.7. The van der Waals surface area contributed by atoms with Crippen LogP contribution in [0.1, 0.15) is 12.5 Å². The number of rotatable bonds is 3. The van der Waals surface area contributed by atoms with E-state index in [1.807, 2.05) is 0 Å². The fourth-order valence-electron chi connectivity index (χ4n) is 1.71. The van der Waals surface area contributed by atoms with Gasteiger partial charge in [0.2, 0.25) is 0 Å². The molecule has 5 nitrogen and oxygen atoms in total. The van der Waals surface area contributed by atoms with Crippen LogP contribution in [0.2, 0.25) is 5.02 Å². The highest BCUT2D eigenvalue weighted by Crippen LogP contribution is 2.35. The number of amides is 1. The van der Waals surface area contributed by atoms with Gasteiger partial charge in [0, 0.05) is 10.6 Å². The smallest absolute Gasteiger partial charge is 0.326 e. The Balaban J connectivity index is 2.36. The predicted octanol–water partition coefficient (Wildman–Crippen LogP) is 2.72. The minimum Gasteiger partial charge on any atom is -0.507 e. The van der Waals surface area contributed by atoms with Crippen molar-refractivity contribution in [1.82, 2.24) is 4.90 Å². The van der Waals surface area contributed by atoms with Crippen molar-refractivity contribution in [3.63, 3.8) is 0 Å². The minimum atomic E-state index is -1.14. The van der Waals surface area contributed by atoms with Crippen LogP contribution in [0.25, 0.3) is 6.08 Å².